The predicted molar refractivity (Wildman–Crippen MR) is 115 cm³/mol. The fourth-order valence-corrected chi connectivity index (χ4v) is 2.87. The summed E-state index contributed by atoms with van der Waals surface area (Å²) in [5.41, 5.74) is 2.11. The number of anilines is 1. The SMILES string of the molecule is Cc1cccc(C(=O)NCCC(=O)Nc2ccccc2Oc2ccccc2Cl)c1. The Bertz CT molecular complexity index is 1020. The van der Waals surface area contributed by atoms with Gasteiger partial charge in [0.15, 0.2) is 5.75 Å². The Labute approximate surface area is 174 Å². The largest absolute Gasteiger partial charge is 0.454 e. The first-order chi connectivity index (χ1) is 14.0. The van der Waals surface area contributed by atoms with Crippen LogP contribution in [0.5, 0.6) is 11.5 Å². The van der Waals surface area contributed by atoms with Crippen LogP contribution in [0.2, 0.25) is 5.02 Å². The fourth-order valence-electron chi connectivity index (χ4n) is 2.70. The molecule has 6 heteroatoms. The number of nitrogens with one attached hydrogen (secondary N) is 2. The van der Waals surface area contributed by atoms with E-state index in [1.807, 2.05) is 37.3 Å². The lowest BCUT2D eigenvalue weighted by Crippen LogP contribution is -2.27. The zero-order chi connectivity index (χ0) is 20.6. The first-order valence-corrected chi connectivity index (χ1v) is 9.57. The maximum absolute atomic E-state index is 12.3. The van der Waals surface area contributed by atoms with Gasteiger partial charge in [-0.15, -0.1) is 0 Å². The molecule has 0 atom stereocenters. The third-order valence-electron chi connectivity index (χ3n) is 4.14. The van der Waals surface area contributed by atoms with Gasteiger partial charge in [0.2, 0.25) is 5.91 Å². The minimum Gasteiger partial charge on any atom is -0.454 e. The van der Waals surface area contributed by atoms with Crippen molar-refractivity contribution in [3.63, 3.8) is 0 Å². The lowest BCUT2D eigenvalue weighted by molar-refractivity contribution is -0.116. The molecule has 0 fully saturated rings. The van der Waals surface area contributed by atoms with Gasteiger partial charge in [-0.05, 0) is 43.3 Å². The molecule has 29 heavy (non-hydrogen) atoms. The highest BCUT2D eigenvalue weighted by atomic mass is 35.5. The van der Waals surface area contributed by atoms with Crippen molar-refractivity contribution >= 4 is 29.1 Å². The number of hydrogen-bond donors (Lipinski definition) is 2. The third kappa shape index (κ3) is 5.83. The van der Waals surface area contributed by atoms with E-state index >= 15 is 0 Å². The molecule has 0 heterocycles. The maximum Gasteiger partial charge on any atom is 0.251 e. The van der Waals surface area contributed by atoms with Crippen LogP contribution in [-0.2, 0) is 4.79 Å². The fraction of sp³-hybridized carbons (Fsp3) is 0.130. The molecule has 2 amide bonds. The summed E-state index contributed by atoms with van der Waals surface area (Å²) in [6.45, 7) is 2.15. The number of rotatable bonds is 7. The van der Waals surface area contributed by atoms with Crippen molar-refractivity contribution in [1.29, 1.82) is 0 Å². The van der Waals surface area contributed by atoms with Crippen LogP contribution in [0.25, 0.3) is 0 Å². The van der Waals surface area contributed by atoms with Crippen molar-refractivity contribution in [3.05, 3.63) is 88.9 Å². The molecule has 3 aromatic carbocycles. The average Bonchev–Trinajstić information content (AvgIpc) is 2.71. The highest BCUT2D eigenvalue weighted by Gasteiger charge is 2.11. The lowest BCUT2D eigenvalue weighted by Gasteiger charge is -2.13. The van der Waals surface area contributed by atoms with Gasteiger partial charge in [0, 0.05) is 18.5 Å². The highest BCUT2D eigenvalue weighted by molar-refractivity contribution is 6.32. The van der Waals surface area contributed by atoms with Crippen LogP contribution in [0.15, 0.2) is 72.8 Å². The molecule has 0 unspecified atom stereocenters. The molecule has 0 aliphatic heterocycles. The number of hydrogen-bond acceptors (Lipinski definition) is 3. The molecule has 0 aliphatic carbocycles. The van der Waals surface area contributed by atoms with Crippen molar-refractivity contribution < 1.29 is 14.3 Å². The van der Waals surface area contributed by atoms with E-state index in [1.54, 1.807) is 42.5 Å². The van der Waals surface area contributed by atoms with Crippen LogP contribution < -0.4 is 15.4 Å². The normalized spacial score (nSPS) is 10.3. The molecular formula is C23H21ClN2O3. The monoisotopic (exact) mass is 408 g/mol. The van der Waals surface area contributed by atoms with E-state index in [9.17, 15) is 9.59 Å². The van der Waals surface area contributed by atoms with Crippen LogP contribution in [0.4, 0.5) is 5.69 Å². The van der Waals surface area contributed by atoms with Gasteiger partial charge in [-0.2, -0.15) is 0 Å². The van der Waals surface area contributed by atoms with Gasteiger partial charge in [-0.1, -0.05) is 53.6 Å². The van der Waals surface area contributed by atoms with Gasteiger partial charge in [0.1, 0.15) is 5.75 Å². The molecule has 2 N–H and O–H groups in total. The summed E-state index contributed by atoms with van der Waals surface area (Å²) in [4.78, 5) is 24.5. The Morgan fingerprint density at radius 2 is 1.66 bits per heavy atom. The van der Waals surface area contributed by atoms with E-state index in [-0.39, 0.29) is 24.8 Å². The van der Waals surface area contributed by atoms with Gasteiger partial charge < -0.3 is 15.4 Å². The number of halogens is 1. The lowest BCUT2D eigenvalue weighted by atomic mass is 10.1. The average molecular weight is 409 g/mol. The van der Waals surface area contributed by atoms with Crippen LogP contribution >= 0.6 is 11.6 Å². The molecule has 0 aromatic heterocycles. The second-order valence-electron chi connectivity index (χ2n) is 6.45. The number of aryl methyl sites for hydroxylation is 1. The molecule has 3 rings (SSSR count). The minimum absolute atomic E-state index is 0.137. The minimum atomic E-state index is -0.232. The van der Waals surface area contributed by atoms with Crippen LogP contribution in [0.3, 0.4) is 0 Å². The number of benzene rings is 3. The Kier molecular flexibility index (Phi) is 6.87. The third-order valence-corrected chi connectivity index (χ3v) is 4.45. The first kappa shape index (κ1) is 20.4. The summed E-state index contributed by atoms with van der Waals surface area (Å²) in [6.07, 6.45) is 0.137. The van der Waals surface area contributed by atoms with E-state index in [4.69, 9.17) is 16.3 Å². The summed E-state index contributed by atoms with van der Waals surface area (Å²) in [5.74, 6) is 0.549. The number of amides is 2. The molecule has 0 spiro atoms. The van der Waals surface area contributed by atoms with Crippen LogP contribution in [0, 0.1) is 6.92 Å². The van der Waals surface area contributed by atoms with E-state index in [2.05, 4.69) is 10.6 Å². The van der Waals surface area contributed by atoms with Gasteiger partial charge in [0.05, 0.1) is 10.7 Å². The molecule has 0 radical (unpaired) electrons. The van der Waals surface area contributed by atoms with Crippen LogP contribution in [-0.4, -0.2) is 18.4 Å². The summed E-state index contributed by atoms with van der Waals surface area (Å²) >= 11 is 6.14. The van der Waals surface area contributed by atoms with E-state index in [0.29, 0.717) is 27.8 Å². The number of carbonyl (C=O) groups excluding carboxylic acids is 2. The first-order valence-electron chi connectivity index (χ1n) is 9.19. The molecule has 0 aliphatic rings. The zero-order valence-corrected chi connectivity index (χ0v) is 16.7. The van der Waals surface area contributed by atoms with Gasteiger partial charge in [-0.3, -0.25) is 9.59 Å². The predicted octanol–water partition coefficient (Wildman–Crippen LogP) is 5.20. The zero-order valence-electron chi connectivity index (χ0n) is 15.9. The Morgan fingerprint density at radius 3 is 2.41 bits per heavy atom. The van der Waals surface area contributed by atoms with Crippen molar-refractivity contribution in [1.82, 2.24) is 5.32 Å². The van der Waals surface area contributed by atoms with Crippen molar-refractivity contribution in [2.24, 2.45) is 0 Å². The molecule has 5 nitrogen and oxygen atoms in total. The molecule has 148 valence electrons. The quantitative estimate of drug-likeness (QED) is 0.564. The number of carbonyl (C=O) groups is 2. The maximum atomic E-state index is 12.3. The Balaban J connectivity index is 1.56. The number of para-hydroxylation sites is 3. The number of ether oxygens (including phenoxy) is 1. The van der Waals surface area contributed by atoms with Gasteiger partial charge in [0.25, 0.3) is 5.91 Å². The van der Waals surface area contributed by atoms with Crippen molar-refractivity contribution in [2.75, 3.05) is 11.9 Å². The highest BCUT2D eigenvalue weighted by Crippen LogP contribution is 2.33. The molecule has 0 saturated carbocycles. The van der Waals surface area contributed by atoms with Gasteiger partial charge >= 0.3 is 0 Å². The smallest absolute Gasteiger partial charge is 0.251 e. The van der Waals surface area contributed by atoms with Crippen molar-refractivity contribution in [3.8, 4) is 11.5 Å². The van der Waals surface area contributed by atoms with E-state index < -0.39 is 0 Å². The van der Waals surface area contributed by atoms with Crippen molar-refractivity contribution in [2.45, 2.75) is 13.3 Å². The Morgan fingerprint density at radius 1 is 0.931 bits per heavy atom. The van der Waals surface area contributed by atoms with Crippen LogP contribution in [0.1, 0.15) is 22.3 Å². The summed E-state index contributed by atoms with van der Waals surface area (Å²) in [5, 5.41) is 6.05. The molecular weight excluding hydrogens is 388 g/mol. The summed E-state index contributed by atoms with van der Waals surface area (Å²) < 4.78 is 5.84. The second kappa shape index (κ2) is 9.75. The van der Waals surface area contributed by atoms with Gasteiger partial charge in [-0.25, -0.2) is 0 Å². The van der Waals surface area contributed by atoms with E-state index in [1.165, 1.54) is 0 Å². The molecule has 0 bridgehead atoms. The molecule has 3 aromatic rings. The molecule has 0 saturated heterocycles. The van der Waals surface area contributed by atoms with E-state index in [0.717, 1.165) is 5.56 Å². The topological polar surface area (TPSA) is 67.4 Å². The summed E-state index contributed by atoms with van der Waals surface area (Å²) in [6, 6.07) is 21.5. The Hall–Kier alpha value is -3.31. The second-order valence-corrected chi connectivity index (χ2v) is 6.86. The standard InChI is InChI=1S/C23H21ClN2O3/c1-16-7-6-8-17(15-16)23(28)25-14-13-22(27)26-19-10-3-5-12-21(19)29-20-11-4-2-9-18(20)24/h2-12,15H,13-14H2,1H3,(H,25,28)(H,26,27). The summed E-state index contributed by atoms with van der Waals surface area (Å²) in [7, 11) is 0.